The molecule has 0 unspecified atom stereocenters. The summed E-state index contributed by atoms with van der Waals surface area (Å²) in [5.41, 5.74) is 4.87. The number of nitrogen functional groups attached to an aromatic ring is 1. The van der Waals surface area contributed by atoms with Crippen LogP contribution in [0.5, 0.6) is 0 Å². The summed E-state index contributed by atoms with van der Waals surface area (Å²) < 4.78 is 7.09. The minimum atomic E-state index is -1.62. The maximum absolute atomic E-state index is 10.5. The van der Waals surface area contributed by atoms with E-state index in [1.165, 1.54) is 31.1 Å². The quantitative estimate of drug-likeness (QED) is 0.541. The molecule has 5 N–H and O–H groups in total. The zero-order valence-corrected chi connectivity index (χ0v) is 11.6. The highest BCUT2D eigenvalue weighted by atomic mass is 16.6. The molecule has 5 atom stereocenters. The van der Waals surface area contributed by atoms with Gasteiger partial charge in [0.25, 0.3) is 0 Å². The van der Waals surface area contributed by atoms with Crippen LogP contribution < -0.4 is 5.73 Å². The monoisotopic (exact) mass is 295 g/mol. The average molecular weight is 295 g/mol. The van der Waals surface area contributed by atoms with Crippen molar-refractivity contribution >= 4 is 17.0 Å². The van der Waals surface area contributed by atoms with Crippen molar-refractivity contribution in [3.05, 3.63) is 12.7 Å². The number of hydrogen-bond donors (Lipinski definition) is 4. The number of hydrogen-bond acceptors (Lipinski definition) is 8. The van der Waals surface area contributed by atoms with Crippen LogP contribution in [0.1, 0.15) is 20.1 Å². The molecule has 1 aliphatic heterocycles. The van der Waals surface area contributed by atoms with E-state index in [0.29, 0.717) is 11.2 Å². The Morgan fingerprint density at radius 2 is 2.14 bits per heavy atom. The molecule has 9 heteroatoms. The fourth-order valence-electron chi connectivity index (χ4n) is 2.61. The SMILES string of the molecule is C[C@H](O)[C@H]1O[C@@H](n2cnc3c(N)ncnc32)[C@](C)(O)[C@@H]1O. The molecule has 1 fully saturated rings. The summed E-state index contributed by atoms with van der Waals surface area (Å²) in [5, 5.41) is 30.4. The van der Waals surface area contributed by atoms with Gasteiger partial charge in [-0.25, -0.2) is 15.0 Å². The third-order valence-corrected chi connectivity index (χ3v) is 3.81. The molecule has 21 heavy (non-hydrogen) atoms. The lowest BCUT2D eigenvalue weighted by molar-refractivity contribution is -0.0987. The molecule has 9 nitrogen and oxygen atoms in total. The summed E-state index contributed by atoms with van der Waals surface area (Å²) in [4.78, 5) is 12.0. The van der Waals surface area contributed by atoms with Crippen molar-refractivity contribution in [1.29, 1.82) is 0 Å². The lowest BCUT2D eigenvalue weighted by Gasteiger charge is -2.27. The smallest absolute Gasteiger partial charge is 0.168 e. The number of fused-ring (bicyclic) bond motifs is 1. The second kappa shape index (κ2) is 4.60. The van der Waals surface area contributed by atoms with Gasteiger partial charge in [-0.1, -0.05) is 0 Å². The van der Waals surface area contributed by atoms with Gasteiger partial charge in [0.05, 0.1) is 12.4 Å². The summed E-state index contributed by atoms with van der Waals surface area (Å²) in [6.07, 6.45) is -1.37. The van der Waals surface area contributed by atoms with Crippen molar-refractivity contribution < 1.29 is 20.1 Å². The fourth-order valence-corrected chi connectivity index (χ4v) is 2.61. The number of nitrogens with zero attached hydrogens (tertiary/aromatic N) is 4. The standard InChI is InChI=1S/C12H17N5O4/c1-5(18)7-8(19)12(2,20)11(21-7)17-4-16-6-9(13)14-3-15-10(6)17/h3-5,7-8,11,18-20H,1-2H3,(H2,13,14,15)/t5-,7+,8+,11+,12+/m0/s1. The molecule has 0 aliphatic carbocycles. The Labute approximate surface area is 120 Å². The van der Waals surface area contributed by atoms with Crippen molar-refractivity contribution in [3.8, 4) is 0 Å². The molecule has 0 aromatic carbocycles. The van der Waals surface area contributed by atoms with Gasteiger partial charge in [-0.3, -0.25) is 4.57 Å². The lowest BCUT2D eigenvalue weighted by Crippen LogP contribution is -2.45. The first-order valence-electron chi connectivity index (χ1n) is 6.51. The first kappa shape index (κ1) is 14.1. The van der Waals surface area contributed by atoms with Crippen LogP contribution in [-0.2, 0) is 4.74 Å². The Morgan fingerprint density at radius 1 is 1.43 bits per heavy atom. The Balaban J connectivity index is 2.08. The molecular formula is C12H17N5O4. The number of aromatic nitrogens is 4. The maximum Gasteiger partial charge on any atom is 0.168 e. The van der Waals surface area contributed by atoms with E-state index in [9.17, 15) is 15.3 Å². The number of aliphatic hydroxyl groups excluding tert-OH is 2. The Bertz CT molecular complexity index is 671. The van der Waals surface area contributed by atoms with E-state index >= 15 is 0 Å². The van der Waals surface area contributed by atoms with Gasteiger partial charge in [-0.15, -0.1) is 0 Å². The van der Waals surface area contributed by atoms with Crippen LogP contribution in [0.2, 0.25) is 0 Å². The molecule has 1 aliphatic rings. The van der Waals surface area contributed by atoms with E-state index in [2.05, 4.69) is 15.0 Å². The van der Waals surface area contributed by atoms with Gasteiger partial charge in [0.15, 0.2) is 17.7 Å². The van der Waals surface area contributed by atoms with E-state index in [4.69, 9.17) is 10.5 Å². The Hall–Kier alpha value is -1.81. The highest BCUT2D eigenvalue weighted by Crippen LogP contribution is 2.40. The summed E-state index contributed by atoms with van der Waals surface area (Å²) in [5.74, 6) is 0.212. The highest BCUT2D eigenvalue weighted by Gasteiger charge is 2.54. The van der Waals surface area contributed by atoms with Crippen LogP contribution in [-0.4, -0.2) is 58.8 Å². The first-order chi connectivity index (χ1) is 9.84. The first-order valence-corrected chi connectivity index (χ1v) is 6.51. The van der Waals surface area contributed by atoms with Gasteiger partial charge < -0.3 is 25.8 Å². The van der Waals surface area contributed by atoms with Crippen molar-refractivity contribution in [1.82, 2.24) is 19.5 Å². The zero-order valence-electron chi connectivity index (χ0n) is 11.6. The predicted octanol–water partition coefficient (Wildman–Crippen LogP) is -1.20. The molecule has 1 saturated heterocycles. The zero-order chi connectivity index (χ0) is 15.4. The number of rotatable bonds is 2. The summed E-state index contributed by atoms with van der Waals surface area (Å²) in [6, 6.07) is 0. The molecule has 0 radical (unpaired) electrons. The largest absolute Gasteiger partial charge is 0.391 e. The van der Waals surface area contributed by atoms with E-state index in [-0.39, 0.29) is 5.82 Å². The summed E-state index contributed by atoms with van der Waals surface area (Å²) in [6.45, 7) is 2.92. The van der Waals surface area contributed by atoms with Gasteiger partial charge in [-0.2, -0.15) is 0 Å². The average Bonchev–Trinajstić information content (AvgIpc) is 2.92. The van der Waals surface area contributed by atoms with Crippen LogP contribution in [0.15, 0.2) is 12.7 Å². The molecule has 0 spiro atoms. The van der Waals surface area contributed by atoms with E-state index in [1.54, 1.807) is 0 Å². The van der Waals surface area contributed by atoms with Gasteiger partial charge in [0.2, 0.25) is 0 Å². The topological polar surface area (TPSA) is 140 Å². The Kier molecular flexibility index (Phi) is 3.10. The highest BCUT2D eigenvalue weighted by molar-refractivity contribution is 5.81. The van der Waals surface area contributed by atoms with Crippen molar-refractivity contribution in [2.45, 2.75) is 44.0 Å². The molecule has 2 aromatic heterocycles. The van der Waals surface area contributed by atoms with E-state index < -0.39 is 30.1 Å². The third-order valence-electron chi connectivity index (χ3n) is 3.81. The number of ether oxygens (including phenoxy) is 1. The minimum absolute atomic E-state index is 0.212. The van der Waals surface area contributed by atoms with Crippen LogP contribution in [0.4, 0.5) is 5.82 Å². The minimum Gasteiger partial charge on any atom is -0.391 e. The van der Waals surface area contributed by atoms with Gasteiger partial charge in [0.1, 0.15) is 29.7 Å². The number of aliphatic hydroxyl groups is 3. The maximum atomic E-state index is 10.5. The van der Waals surface area contributed by atoms with Gasteiger partial charge in [0, 0.05) is 0 Å². The van der Waals surface area contributed by atoms with Crippen molar-refractivity contribution in [3.63, 3.8) is 0 Å². The summed E-state index contributed by atoms with van der Waals surface area (Å²) >= 11 is 0. The molecule has 3 heterocycles. The van der Waals surface area contributed by atoms with Crippen molar-refractivity contribution in [2.24, 2.45) is 0 Å². The molecule has 0 saturated carbocycles. The van der Waals surface area contributed by atoms with Crippen LogP contribution in [0, 0.1) is 0 Å². The second-order valence-electron chi connectivity index (χ2n) is 5.45. The number of imidazole rings is 1. The number of nitrogens with two attached hydrogens (primary N) is 1. The predicted molar refractivity (Wildman–Crippen MR) is 72.0 cm³/mol. The van der Waals surface area contributed by atoms with Crippen LogP contribution in [0.25, 0.3) is 11.2 Å². The van der Waals surface area contributed by atoms with Gasteiger partial charge in [-0.05, 0) is 13.8 Å². The van der Waals surface area contributed by atoms with E-state index in [0.717, 1.165) is 0 Å². The second-order valence-corrected chi connectivity index (χ2v) is 5.45. The molecular weight excluding hydrogens is 278 g/mol. The van der Waals surface area contributed by atoms with Crippen LogP contribution in [0.3, 0.4) is 0 Å². The van der Waals surface area contributed by atoms with Crippen LogP contribution >= 0.6 is 0 Å². The normalized spacial score (nSPS) is 34.4. The molecule has 2 aromatic rings. The summed E-state index contributed by atoms with van der Waals surface area (Å²) in [7, 11) is 0. The van der Waals surface area contributed by atoms with E-state index in [1.807, 2.05) is 0 Å². The fraction of sp³-hybridized carbons (Fsp3) is 0.583. The van der Waals surface area contributed by atoms with Gasteiger partial charge >= 0.3 is 0 Å². The number of anilines is 1. The van der Waals surface area contributed by atoms with Crippen molar-refractivity contribution in [2.75, 3.05) is 5.73 Å². The molecule has 0 bridgehead atoms. The molecule has 114 valence electrons. The Morgan fingerprint density at radius 3 is 2.76 bits per heavy atom. The molecule has 3 rings (SSSR count). The molecule has 0 amide bonds. The third kappa shape index (κ3) is 1.97. The lowest BCUT2D eigenvalue weighted by atomic mass is 9.94.